The number of fused-ring (bicyclic) bond motifs is 2. The van der Waals surface area contributed by atoms with Gasteiger partial charge < -0.3 is 9.72 Å². The number of nitrogens with zero attached hydrogens (tertiary/aromatic N) is 5. The Labute approximate surface area is 219 Å². The summed E-state index contributed by atoms with van der Waals surface area (Å²) in [6, 6.07) is 20.3. The third-order valence-electron chi connectivity index (χ3n) is 7.15. The highest BCUT2D eigenvalue weighted by molar-refractivity contribution is 6.00. The Hall–Kier alpha value is -4.56. The van der Waals surface area contributed by atoms with Gasteiger partial charge in [-0.1, -0.05) is 18.2 Å². The Morgan fingerprint density at radius 2 is 1.84 bits per heavy atom. The van der Waals surface area contributed by atoms with Gasteiger partial charge in [-0.25, -0.2) is 4.98 Å². The van der Waals surface area contributed by atoms with Gasteiger partial charge in [0.1, 0.15) is 23.6 Å². The first kappa shape index (κ1) is 22.6. The van der Waals surface area contributed by atoms with Crippen LogP contribution in [0.15, 0.2) is 79.3 Å². The molecule has 1 aromatic carbocycles. The monoisotopic (exact) mass is 501 g/mol. The lowest BCUT2D eigenvalue weighted by Gasteiger charge is -2.15. The van der Waals surface area contributed by atoms with Gasteiger partial charge in [0.05, 0.1) is 28.8 Å². The number of likely N-dealkylation sites (tertiary alicyclic amines) is 1. The molecule has 1 saturated heterocycles. The molecule has 188 valence electrons. The average Bonchev–Trinajstić information content (AvgIpc) is 3.73. The minimum Gasteiger partial charge on any atom is -0.491 e. The lowest BCUT2D eigenvalue weighted by molar-refractivity contribution is 0.237. The van der Waals surface area contributed by atoms with Crippen molar-refractivity contribution in [3.8, 4) is 39.7 Å². The normalized spacial score (nSPS) is 14.0. The fourth-order valence-electron chi connectivity index (χ4n) is 5.21. The van der Waals surface area contributed by atoms with Crippen LogP contribution in [0.1, 0.15) is 12.8 Å². The molecule has 0 aliphatic carbocycles. The van der Waals surface area contributed by atoms with Crippen LogP contribution < -0.4 is 4.74 Å². The van der Waals surface area contributed by atoms with E-state index in [1.807, 2.05) is 54.9 Å². The molecule has 0 spiro atoms. The maximum Gasteiger partial charge on any atom is 0.138 e. The van der Waals surface area contributed by atoms with E-state index in [1.165, 1.54) is 25.9 Å². The molecule has 0 radical (unpaired) electrons. The standard InChI is InChI=1S/C30H27N7O/c1-2-11-32-25(7-1)22-6-5-8-26-23(22)17-28(33-26)30-29-27(35-36-30)10-9-24(34-29)20-16-21(19-31-18-20)38-15-14-37-12-3-4-13-37/h1-2,5-11,16-19,33H,3-4,12-15H2,(H,35,36). The number of pyridine rings is 3. The summed E-state index contributed by atoms with van der Waals surface area (Å²) in [5, 5.41) is 8.84. The number of H-pyrrole nitrogens is 2. The number of hydrogen-bond donors (Lipinski definition) is 2. The van der Waals surface area contributed by atoms with E-state index in [0.717, 1.165) is 68.1 Å². The molecule has 5 aromatic heterocycles. The van der Waals surface area contributed by atoms with E-state index < -0.39 is 0 Å². The minimum atomic E-state index is 0.657. The van der Waals surface area contributed by atoms with Crippen LogP contribution in [0.2, 0.25) is 0 Å². The Morgan fingerprint density at radius 3 is 2.74 bits per heavy atom. The number of benzene rings is 1. The zero-order valence-electron chi connectivity index (χ0n) is 20.9. The molecule has 0 amide bonds. The van der Waals surface area contributed by atoms with Crippen LogP contribution in [0.4, 0.5) is 0 Å². The molecule has 0 atom stereocenters. The predicted molar refractivity (Wildman–Crippen MR) is 149 cm³/mol. The number of hydrogen-bond acceptors (Lipinski definition) is 6. The first-order valence-corrected chi connectivity index (χ1v) is 13.0. The van der Waals surface area contributed by atoms with Crippen LogP contribution >= 0.6 is 0 Å². The van der Waals surface area contributed by atoms with Gasteiger partial charge in [0, 0.05) is 41.0 Å². The fraction of sp³-hybridized carbons (Fsp3) is 0.200. The van der Waals surface area contributed by atoms with Crippen LogP contribution in [-0.2, 0) is 0 Å². The third-order valence-corrected chi connectivity index (χ3v) is 7.15. The number of nitrogens with one attached hydrogen (secondary N) is 2. The van der Waals surface area contributed by atoms with Crippen molar-refractivity contribution < 1.29 is 4.74 Å². The van der Waals surface area contributed by atoms with Crippen molar-refractivity contribution in [3.05, 3.63) is 79.3 Å². The third kappa shape index (κ3) is 4.29. The van der Waals surface area contributed by atoms with Gasteiger partial charge in [0.2, 0.25) is 0 Å². The van der Waals surface area contributed by atoms with Crippen molar-refractivity contribution in [1.29, 1.82) is 0 Å². The predicted octanol–water partition coefficient (Wildman–Crippen LogP) is 5.70. The van der Waals surface area contributed by atoms with Crippen molar-refractivity contribution in [2.45, 2.75) is 12.8 Å². The molecule has 8 nitrogen and oxygen atoms in total. The summed E-state index contributed by atoms with van der Waals surface area (Å²) in [5.41, 5.74) is 8.12. The zero-order chi connectivity index (χ0) is 25.3. The molecule has 0 bridgehead atoms. The molecule has 6 heterocycles. The van der Waals surface area contributed by atoms with Crippen molar-refractivity contribution in [2.24, 2.45) is 0 Å². The molecule has 0 saturated carbocycles. The fourth-order valence-corrected chi connectivity index (χ4v) is 5.21. The van der Waals surface area contributed by atoms with E-state index in [-0.39, 0.29) is 0 Å². The molecule has 0 unspecified atom stereocenters. The van der Waals surface area contributed by atoms with Crippen molar-refractivity contribution in [3.63, 3.8) is 0 Å². The topological polar surface area (TPSA) is 95.6 Å². The second-order valence-electron chi connectivity index (χ2n) is 9.64. The lowest BCUT2D eigenvalue weighted by Crippen LogP contribution is -2.25. The highest BCUT2D eigenvalue weighted by Gasteiger charge is 2.16. The molecule has 6 aromatic rings. The molecule has 38 heavy (non-hydrogen) atoms. The van der Waals surface area contributed by atoms with Gasteiger partial charge in [0.25, 0.3) is 0 Å². The van der Waals surface area contributed by atoms with Gasteiger partial charge in [-0.2, -0.15) is 5.10 Å². The Bertz CT molecular complexity index is 1720. The largest absolute Gasteiger partial charge is 0.491 e. The molecule has 1 aliphatic rings. The number of rotatable bonds is 7. The Morgan fingerprint density at radius 1 is 0.895 bits per heavy atom. The summed E-state index contributed by atoms with van der Waals surface area (Å²) < 4.78 is 6.02. The summed E-state index contributed by atoms with van der Waals surface area (Å²) in [5.74, 6) is 0.758. The molecule has 8 heteroatoms. The first-order valence-electron chi connectivity index (χ1n) is 13.0. The highest BCUT2D eigenvalue weighted by Crippen LogP contribution is 2.33. The van der Waals surface area contributed by atoms with Gasteiger partial charge in [-0.3, -0.25) is 20.0 Å². The highest BCUT2D eigenvalue weighted by atomic mass is 16.5. The summed E-state index contributed by atoms with van der Waals surface area (Å²) in [6.07, 6.45) is 7.97. The smallest absolute Gasteiger partial charge is 0.138 e. The molecule has 1 aliphatic heterocycles. The second kappa shape index (κ2) is 9.72. The summed E-state index contributed by atoms with van der Waals surface area (Å²) in [4.78, 5) is 19.9. The maximum atomic E-state index is 6.02. The van der Waals surface area contributed by atoms with Crippen LogP contribution in [0.3, 0.4) is 0 Å². The van der Waals surface area contributed by atoms with E-state index in [4.69, 9.17) is 9.72 Å². The van der Waals surface area contributed by atoms with Crippen LogP contribution in [0.5, 0.6) is 5.75 Å². The average molecular weight is 502 g/mol. The van der Waals surface area contributed by atoms with Crippen molar-refractivity contribution in [2.75, 3.05) is 26.2 Å². The number of ether oxygens (including phenoxy) is 1. The van der Waals surface area contributed by atoms with Gasteiger partial charge in [-0.15, -0.1) is 0 Å². The summed E-state index contributed by atoms with van der Waals surface area (Å²) in [6.45, 7) is 3.93. The van der Waals surface area contributed by atoms with E-state index in [1.54, 1.807) is 6.20 Å². The molecular weight excluding hydrogens is 474 g/mol. The van der Waals surface area contributed by atoms with Gasteiger partial charge >= 0.3 is 0 Å². The van der Waals surface area contributed by atoms with E-state index in [0.29, 0.717) is 6.61 Å². The Kier molecular flexibility index (Phi) is 5.79. The van der Waals surface area contributed by atoms with Gasteiger partial charge in [-0.05, 0) is 68.4 Å². The van der Waals surface area contributed by atoms with E-state index in [2.05, 4.69) is 48.2 Å². The molecular formula is C30H27N7O. The molecule has 7 rings (SSSR count). The number of aromatic amines is 2. The minimum absolute atomic E-state index is 0.657. The van der Waals surface area contributed by atoms with E-state index >= 15 is 0 Å². The van der Waals surface area contributed by atoms with E-state index in [9.17, 15) is 0 Å². The van der Waals surface area contributed by atoms with Crippen LogP contribution in [0, 0.1) is 0 Å². The SMILES string of the molecule is c1ccc(-c2cccc3[nH]c(-c4n[nH]c5ccc(-c6cncc(OCCN7CCCC7)c6)nc45)cc23)nc1. The number of aromatic nitrogens is 6. The molecule has 2 N–H and O–H groups in total. The second-order valence-corrected chi connectivity index (χ2v) is 9.64. The van der Waals surface area contributed by atoms with Crippen LogP contribution in [0.25, 0.3) is 55.8 Å². The maximum absolute atomic E-state index is 6.02. The Balaban J connectivity index is 1.20. The first-order chi connectivity index (χ1) is 18.8. The van der Waals surface area contributed by atoms with Crippen molar-refractivity contribution >= 4 is 21.9 Å². The summed E-state index contributed by atoms with van der Waals surface area (Å²) in [7, 11) is 0. The van der Waals surface area contributed by atoms with Crippen LogP contribution in [-0.4, -0.2) is 61.3 Å². The molecule has 1 fully saturated rings. The van der Waals surface area contributed by atoms with Crippen molar-refractivity contribution in [1.82, 2.24) is 35.0 Å². The summed E-state index contributed by atoms with van der Waals surface area (Å²) >= 11 is 0. The zero-order valence-corrected chi connectivity index (χ0v) is 20.9. The lowest BCUT2D eigenvalue weighted by atomic mass is 10.1. The van der Waals surface area contributed by atoms with Gasteiger partial charge in [0.15, 0.2) is 0 Å². The quantitative estimate of drug-likeness (QED) is 0.291.